The minimum Gasteiger partial charge on any atom is -0.508 e. The number of nitrogens with two attached hydrogens (primary N) is 5. The van der Waals surface area contributed by atoms with Gasteiger partial charge in [-0.25, -0.2) is 24.0 Å². The zero-order valence-electron chi connectivity index (χ0n) is 74.1. The third-order valence-electron chi connectivity index (χ3n) is 21.9. The first kappa shape index (κ1) is 110. The van der Waals surface area contributed by atoms with Crippen LogP contribution in [0.2, 0.25) is 0 Å². The van der Waals surface area contributed by atoms with E-state index in [0.717, 1.165) is 50.4 Å². The number of esters is 5. The molecular formula is C82H107N21O36S2. The van der Waals surface area contributed by atoms with Crippen molar-refractivity contribution in [3.63, 3.8) is 0 Å². The molecule has 0 radical (unpaired) electrons. The predicted octanol–water partition coefficient (Wildman–Crippen LogP) is -7.73. The number of carbonyl (C=O) groups excluding carboxylic acids is 5. The third-order valence-corrected chi connectivity index (χ3v) is 22.9. The van der Waals surface area contributed by atoms with Crippen molar-refractivity contribution in [1.82, 2.24) is 52.7 Å². The molecule has 25 atom stereocenters. The second kappa shape index (κ2) is 52.3. The summed E-state index contributed by atoms with van der Waals surface area (Å²) in [4.78, 5) is 141. The second-order valence-corrected chi connectivity index (χ2v) is 32.9. The number of fused-ring (bicyclic) bond motifs is 1. The average Bonchev–Trinajstić information content (AvgIpc) is 1.68. The van der Waals surface area contributed by atoms with E-state index in [-0.39, 0.29) is 86.3 Å². The van der Waals surface area contributed by atoms with Crippen LogP contribution in [0.4, 0.5) is 29.1 Å². The Morgan fingerprint density at radius 2 is 0.652 bits per heavy atom. The number of aromatic hydroxyl groups is 1. The standard InChI is InChI=1S/C20H23N5O7.C18H22N4O8.C18H22N4O7.C14H22N4O7S.C12H18N4O7S/c21-12(7-10-8-22-13-4-2-1-3-11(10)13)19(28)31-9-14-16(26)17(27)18(32-14)25-6-5-15(24-30)23-20(25)29;19-11(7-9-1-3-10(23)4-2-9)17(26)29-8-12-14(24)15(25)16(30-12)22-6-5-13(21-28)20-18(22)27;19-11(8-10-4-2-1-3-5-10)17(25)28-9-12-14(23)15(24)16(29-12)22-7-6-13(21-27)20-18(22)26;1-26-5-3-7(15)13(21)24-6-8-10(19)11(20)12(25-8)18-4-2-9(17-23)16-14(18)22;13-5(4-24)11(19)22-3-6-8(17)9(18)10(23-6)16-2-1-7(15-21)14-12(16)20/h1-6,8,12,14,16-18,22,26-27,30H,7,9,21H2,(H,23,24,29);1-6,11-12,14-16,23-25,28H,7-8,19H2,(H,20,21,27);1-7,11-12,14-16,23-24,27H,8-9,19H2,(H,20,21,26);2,4,7-8,10-12,19-20,23H,3,5-6,15H2,1H3,(H,16,17,22);1-2,5-6,8-10,17-18,21,24H,3-4,13H2,(H,14,15,20)/t12-,14+,16+,17+,18+;2*11-,12+,14+,15+,16+;7-,8+,10+,11+,12+;5-,6+,8+,9+,10+/m00000/s1. The van der Waals surface area contributed by atoms with Gasteiger partial charge in [-0.2, -0.15) is 49.3 Å². The van der Waals surface area contributed by atoms with Gasteiger partial charge in [-0.05, 0) is 96.5 Å². The topological polar surface area (TPSA) is 882 Å². The van der Waals surface area contributed by atoms with E-state index in [4.69, 9.17) is 102 Å². The third kappa shape index (κ3) is 28.9. The van der Waals surface area contributed by atoms with Crippen LogP contribution in [0, 0.1) is 0 Å². The van der Waals surface area contributed by atoms with Gasteiger partial charge in [-0.15, -0.1) is 0 Å². The van der Waals surface area contributed by atoms with Crippen LogP contribution < -0.4 is 84.5 Å². The maximum Gasteiger partial charge on any atom is 0.351 e. The van der Waals surface area contributed by atoms with Crippen molar-refractivity contribution < 1.29 is 154 Å². The van der Waals surface area contributed by atoms with Crippen molar-refractivity contribution in [2.75, 3.05) is 78.2 Å². The van der Waals surface area contributed by atoms with Crippen molar-refractivity contribution in [2.45, 2.75) is 179 Å². The summed E-state index contributed by atoms with van der Waals surface area (Å²) >= 11 is 5.41. The number of ether oxygens (including phenoxy) is 10. The van der Waals surface area contributed by atoms with Crippen LogP contribution in [0.15, 0.2) is 170 Å². The molecule has 5 aliphatic rings. The van der Waals surface area contributed by atoms with Crippen molar-refractivity contribution in [3.05, 3.63) is 215 Å². The first-order valence-electron chi connectivity index (χ1n) is 42.5. The normalized spacial score (nSPS) is 25.3. The molecule has 0 bridgehead atoms. The minimum atomic E-state index is -1.48. The number of carbonyl (C=O) groups is 5. The number of anilines is 5. The molecule has 0 unspecified atom stereocenters. The first-order chi connectivity index (χ1) is 67.3. The molecule has 59 heteroatoms. The summed E-state index contributed by atoms with van der Waals surface area (Å²) in [5.74, 6) is -3.04. The molecule has 5 saturated heterocycles. The summed E-state index contributed by atoms with van der Waals surface area (Å²) in [7, 11) is 0. The SMILES string of the molecule is CSCC[C@H](N)C(=O)OC[C@H]1O[C@@H](n2ccc(NO)nc2=O)[C@H](O)[C@@H]1O.N[C@@H](CS)C(=O)OC[C@H]1O[C@@H](n2ccc(NO)nc2=O)[C@H](O)[C@@H]1O.N[C@@H](Cc1c[nH]c2ccccc12)C(=O)OC[C@H]1O[C@@H](n2ccc(NO)nc2=O)[C@H](O)[C@@H]1O.N[C@@H](Cc1ccc(O)cc1)C(=O)OC[C@H]1O[C@@H](n2ccc(NO)nc2=O)[C@H](O)[C@@H]1O.N[C@@H](Cc1ccccc1)C(=O)OC[C@H]1O[C@@H](n2ccc(NO)nc2=O)[C@H](O)[C@@H]1O. The molecule has 0 spiro atoms. The maximum atomic E-state index is 12.4. The molecule has 6 aromatic heterocycles. The Balaban J connectivity index is 0.000000182. The van der Waals surface area contributed by atoms with Gasteiger partial charge in [0.05, 0.1) is 0 Å². The van der Waals surface area contributed by atoms with Gasteiger partial charge in [0, 0.05) is 60.3 Å². The molecule has 0 aliphatic carbocycles. The number of nitrogens with one attached hydrogen (secondary N) is 6. The average molecular weight is 2030 g/mol. The lowest BCUT2D eigenvalue weighted by Gasteiger charge is -2.17. The Morgan fingerprint density at radius 3 is 0.936 bits per heavy atom. The van der Waals surface area contributed by atoms with Gasteiger partial charge in [0.1, 0.15) is 161 Å². The first-order valence-corrected chi connectivity index (χ1v) is 44.5. The molecule has 0 saturated carbocycles. The fourth-order valence-electron chi connectivity index (χ4n) is 14.2. The second-order valence-electron chi connectivity index (χ2n) is 31.6. The van der Waals surface area contributed by atoms with Gasteiger partial charge in [-0.3, -0.25) is 100 Å². The highest BCUT2D eigenvalue weighted by molar-refractivity contribution is 7.98. The number of phenolic OH excluding ortho intramolecular Hbond substituents is 1. The van der Waals surface area contributed by atoms with E-state index in [1.807, 2.05) is 60.9 Å². The summed E-state index contributed by atoms with van der Waals surface area (Å²) in [6, 6.07) is 24.8. The number of aliphatic hydroxyl groups is 10. The number of aromatic nitrogens is 11. The monoisotopic (exact) mass is 2030 g/mol. The zero-order chi connectivity index (χ0) is 103. The van der Waals surface area contributed by atoms with E-state index in [1.165, 1.54) is 73.4 Å². The molecular weight excluding hydrogens is 1920 g/mol. The number of benzene rings is 3. The number of nitrogens with zero attached hydrogens (tertiary/aromatic N) is 10. The Kier molecular flexibility index (Phi) is 40.9. The van der Waals surface area contributed by atoms with E-state index in [1.54, 1.807) is 57.5 Å². The van der Waals surface area contributed by atoms with Crippen molar-refractivity contribution in [1.29, 1.82) is 0 Å². The Hall–Kier alpha value is -12.5. The molecule has 32 N–H and O–H groups in total. The van der Waals surface area contributed by atoms with Crippen LogP contribution in [0.5, 0.6) is 5.75 Å². The highest BCUT2D eigenvalue weighted by atomic mass is 32.2. The lowest BCUT2D eigenvalue weighted by Crippen LogP contribution is -2.39. The van der Waals surface area contributed by atoms with Gasteiger partial charge in [0.2, 0.25) is 0 Å². The molecule has 57 nitrogen and oxygen atoms in total. The summed E-state index contributed by atoms with van der Waals surface area (Å²) in [5, 5.41) is 156. The van der Waals surface area contributed by atoms with Gasteiger partial charge < -0.3 is 137 Å². The molecule has 9 aromatic rings. The number of rotatable bonds is 35. The van der Waals surface area contributed by atoms with E-state index in [0.29, 0.717) is 12.2 Å². The summed E-state index contributed by atoms with van der Waals surface area (Å²) < 4.78 is 57.5. The number of hydrogen-bond acceptors (Lipinski definition) is 53. The van der Waals surface area contributed by atoms with Gasteiger partial charge >= 0.3 is 58.3 Å². The minimum absolute atomic E-state index is 0.0796. The van der Waals surface area contributed by atoms with Crippen LogP contribution in [0.1, 0.15) is 54.3 Å². The van der Waals surface area contributed by atoms with Crippen LogP contribution in [-0.2, 0) is 90.6 Å². The quantitative estimate of drug-likeness (QED) is 0.00759. The number of hydrogen-bond donors (Lipinski definition) is 28. The maximum absolute atomic E-state index is 12.4. The number of H-pyrrole nitrogens is 1. The Bertz CT molecular complexity index is 5920. The van der Waals surface area contributed by atoms with Crippen LogP contribution in [-0.4, -0.2) is 337 Å². The highest BCUT2D eigenvalue weighted by Gasteiger charge is 2.50. The molecule has 0 amide bonds. The number of thiol groups is 1. The fourth-order valence-corrected chi connectivity index (χ4v) is 14.8. The smallest absolute Gasteiger partial charge is 0.351 e. The van der Waals surface area contributed by atoms with E-state index in [9.17, 15) is 104 Å². The number of para-hydroxylation sites is 1. The van der Waals surface area contributed by atoms with E-state index >= 15 is 0 Å². The summed E-state index contributed by atoms with van der Waals surface area (Å²) in [5.41, 5.74) is 36.7. The largest absolute Gasteiger partial charge is 0.508 e. The fraction of sp³-hybridized carbons (Fsp3) is 0.451. The molecule has 14 rings (SSSR count). The van der Waals surface area contributed by atoms with Crippen molar-refractivity contribution in [3.8, 4) is 5.75 Å². The van der Waals surface area contributed by atoms with Crippen LogP contribution in [0.25, 0.3) is 10.9 Å². The van der Waals surface area contributed by atoms with Crippen LogP contribution in [0.3, 0.4) is 0 Å². The van der Waals surface area contributed by atoms with Gasteiger partial charge in [0.25, 0.3) is 0 Å². The number of phenols is 1. The number of aliphatic hydroxyl groups excluding tert-OH is 10. The van der Waals surface area contributed by atoms with E-state index < -0.39 is 218 Å². The summed E-state index contributed by atoms with van der Waals surface area (Å²) in [6.45, 7) is -1.79. The molecule has 5 fully saturated rings. The Morgan fingerprint density at radius 1 is 0.383 bits per heavy atom. The van der Waals surface area contributed by atoms with Gasteiger partial charge in [-0.1, -0.05) is 60.7 Å². The number of aromatic amines is 1. The zero-order valence-corrected chi connectivity index (χ0v) is 75.8. The molecule has 768 valence electrons. The van der Waals surface area contributed by atoms with Crippen LogP contribution >= 0.6 is 24.4 Å². The molecule has 141 heavy (non-hydrogen) atoms. The lowest BCUT2D eigenvalue weighted by molar-refractivity contribution is -0.152. The molecule has 3 aromatic carbocycles. The molecule has 5 aliphatic heterocycles. The Labute approximate surface area is 803 Å². The van der Waals surface area contributed by atoms with E-state index in [2.05, 4.69) is 42.5 Å². The van der Waals surface area contributed by atoms with Crippen molar-refractivity contribution >= 4 is 94.2 Å². The van der Waals surface area contributed by atoms with Gasteiger partial charge in [0.15, 0.2) is 60.2 Å². The molecule has 11 heterocycles. The lowest BCUT2D eigenvalue weighted by atomic mass is 10.1. The number of thioether (sulfide) groups is 1. The summed E-state index contributed by atoms with van der Waals surface area (Å²) in [6.07, 6.45) is -14.8. The van der Waals surface area contributed by atoms with Crippen molar-refractivity contribution in [2.24, 2.45) is 28.7 Å². The predicted molar refractivity (Wildman–Crippen MR) is 485 cm³/mol. The highest BCUT2D eigenvalue weighted by Crippen LogP contribution is 2.35.